The summed E-state index contributed by atoms with van der Waals surface area (Å²) in [5.74, 6) is 0.505. The van der Waals surface area contributed by atoms with Crippen molar-refractivity contribution in [3.05, 3.63) is 47.7 Å². The topological polar surface area (TPSA) is 17.1 Å². The third-order valence-corrected chi connectivity index (χ3v) is 4.91. The zero-order chi connectivity index (χ0) is 15.1. The van der Waals surface area contributed by atoms with Crippen LogP contribution in [-0.2, 0) is 10.2 Å². The summed E-state index contributed by atoms with van der Waals surface area (Å²) in [5.41, 5.74) is 2.98. The lowest BCUT2D eigenvalue weighted by Crippen LogP contribution is -2.28. The molecule has 0 aliphatic rings. The Bertz CT molecular complexity index is 436. The van der Waals surface area contributed by atoms with Crippen LogP contribution in [0.4, 0.5) is 0 Å². The van der Waals surface area contributed by atoms with E-state index >= 15 is 0 Å². The van der Waals surface area contributed by atoms with E-state index in [1.165, 1.54) is 0 Å². The first-order valence-electron chi connectivity index (χ1n) is 7.19. The first-order valence-corrected chi connectivity index (χ1v) is 11.3. The van der Waals surface area contributed by atoms with Crippen LogP contribution in [0.3, 0.4) is 0 Å². The van der Waals surface area contributed by atoms with Gasteiger partial charge >= 0.3 is 0 Å². The van der Waals surface area contributed by atoms with Crippen LogP contribution in [0.5, 0.6) is 0 Å². The number of carbonyl (C=O) groups is 1. The summed E-state index contributed by atoms with van der Waals surface area (Å²) in [6.45, 7) is 6.94. The van der Waals surface area contributed by atoms with Crippen molar-refractivity contribution in [2.24, 2.45) is 0 Å². The summed E-state index contributed by atoms with van der Waals surface area (Å²) in [6, 6.07) is 10.0. The highest BCUT2D eigenvalue weighted by molar-refractivity contribution is 6.80. The average Bonchev–Trinajstić information content (AvgIpc) is 2.42. The molecule has 0 aliphatic heterocycles. The predicted octanol–water partition coefficient (Wildman–Crippen LogP) is 4.97. The van der Waals surface area contributed by atoms with E-state index < -0.39 is 13.5 Å². The van der Waals surface area contributed by atoms with Gasteiger partial charge in [0.05, 0.1) is 13.5 Å². The molecule has 1 rings (SSSR count). The Balaban J connectivity index is 2.85. The molecule has 110 valence electrons. The fourth-order valence-electron chi connectivity index (χ4n) is 2.32. The van der Waals surface area contributed by atoms with Crippen molar-refractivity contribution in [3.8, 4) is 0 Å². The SMILES string of the molecule is C[Si](C)(C)/C=C/CC[C@@](C=O)(CCCl)c1ccccc1. The van der Waals surface area contributed by atoms with Gasteiger partial charge in [-0.1, -0.05) is 61.7 Å². The summed E-state index contributed by atoms with van der Waals surface area (Å²) in [5, 5.41) is 0. The summed E-state index contributed by atoms with van der Waals surface area (Å²) in [6.07, 6.45) is 5.78. The Morgan fingerprint density at radius 3 is 2.30 bits per heavy atom. The molecule has 1 atom stereocenters. The lowest BCUT2D eigenvalue weighted by molar-refractivity contribution is -0.113. The summed E-state index contributed by atoms with van der Waals surface area (Å²) < 4.78 is 0. The first-order chi connectivity index (χ1) is 9.43. The normalized spacial score (nSPS) is 15.2. The smallest absolute Gasteiger partial charge is 0.130 e. The molecule has 3 heteroatoms. The maximum Gasteiger partial charge on any atom is 0.130 e. The second-order valence-electron chi connectivity index (χ2n) is 6.39. The molecule has 0 fully saturated rings. The Labute approximate surface area is 129 Å². The number of allylic oxidation sites excluding steroid dienone is 1. The van der Waals surface area contributed by atoms with Crippen molar-refractivity contribution < 1.29 is 4.79 Å². The number of benzene rings is 1. The number of halogens is 1. The predicted molar refractivity (Wildman–Crippen MR) is 91.2 cm³/mol. The standard InChI is InChI=1S/C17H25ClOSi/c1-20(2,3)14-8-7-11-17(15-19,12-13-18)16-9-5-4-6-10-16/h4-6,8-10,14-15H,7,11-13H2,1-3H3/b14-8+/t17-/m0/s1. The Kier molecular flexibility index (Phi) is 6.70. The molecule has 0 amide bonds. The van der Waals surface area contributed by atoms with Crippen LogP contribution in [0.1, 0.15) is 24.8 Å². The Morgan fingerprint density at radius 1 is 1.15 bits per heavy atom. The average molecular weight is 309 g/mol. The number of rotatable bonds is 8. The highest BCUT2D eigenvalue weighted by atomic mass is 35.5. The van der Waals surface area contributed by atoms with E-state index in [0.717, 1.165) is 24.7 Å². The van der Waals surface area contributed by atoms with E-state index in [0.29, 0.717) is 12.3 Å². The Morgan fingerprint density at radius 2 is 1.80 bits per heavy atom. The van der Waals surface area contributed by atoms with Gasteiger partial charge in [-0.3, -0.25) is 0 Å². The van der Waals surface area contributed by atoms with Gasteiger partial charge in [-0.25, -0.2) is 0 Å². The Hall–Kier alpha value is -0.863. The van der Waals surface area contributed by atoms with Crippen molar-refractivity contribution >= 4 is 26.0 Å². The molecule has 0 radical (unpaired) electrons. The van der Waals surface area contributed by atoms with Crippen LogP contribution in [0.25, 0.3) is 0 Å². The number of carbonyl (C=O) groups excluding carboxylic acids is 1. The molecule has 0 bridgehead atoms. The van der Waals surface area contributed by atoms with E-state index in [9.17, 15) is 4.79 Å². The zero-order valence-corrected chi connectivity index (χ0v) is 14.5. The van der Waals surface area contributed by atoms with Crippen LogP contribution in [0, 0.1) is 0 Å². The van der Waals surface area contributed by atoms with Gasteiger partial charge in [-0.05, 0) is 24.8 Å². The molecular formula is C17H25ClOSi. The highest BCUT2D eigenvalue weighted by Gasteiger charge is 2.30. The van der Waals surface area contributed by atoms with Gasteiger partial charge in [0.1, 0.15) is 6.29 Å². The van der Waals surface area contributed by atoms with Gasteiger partial charge < -0.3 is 4.79 Å². The van der Waals surface area contributed by atoms with E-state index in [1.54, 1.807) is 0 Å². The third kappa shape index (κ3) is 5.26. The van der Waals surface area contributed by atoms with Gasteiger partial charge in [0, 0.05) is 5.88 Å². The quantitative estimate of drug-likeness (QED) is 0.376. The first kappa shape index (κ1) is 17.2. The van der Waals surface area contributed by atoms with Crippen LogP contribution in [0.2, 0.25) is 19.6 Å². The molecule has 0 N–H and O–H groups in total. The summed E-state index contributed by atoms with van der Waals surface area (Å²) in [4.78, 5) is 11.7. The van der Waals surface area contributed by atoms with Crippen LogP contribution >= 0.6 is 11.6 Å². The molecule has 0 heterocycles. The minimum absolute atomic E-state index is 0.438. The second kappa shape index (κ2) is 7.80. The number of alkyl halides is 1. The van der Waals surface area contributed by atoms with E-state index in [1.807, 2.05) is 30.3 Å². The molecule has 0 aliphatic carbocycles. The van der Waals surface area contributed by atoms with Crippen molar-refractivity contribution in [3.63, 3.8) is 0 Å². The molecule has 0 saturated heterocycles. The van der Waals surface area contributed by atoms with Gasteiger partial charge in [-0.15, -0.1) is 11.6 Å². The van der Waals surface area contributed by atoms with Gasteiger partial charge in [0.2, 0.25) is 0 Å². The van der Waals surface area contributed by atoms with Crippen LogP contribution < -0.4 is 0 Å². The van der Waals surface area contributed by atoms with Crippen LogP contribution in [0.15, 0.2) is 42.1 Å². The lowest BCUT2D eigenvalue weighted by atomic mass is 9.76. The maximum absolute atomic E-state index is 11.7. The molecule has 1 nitrogen and oxygen atoms in total. The van der Waals surface area contributed by atoms with E-state index in [2.05, 4.69) is 31.4 Å². The highest BCUT2D eigenvalue weighted by Crippen LogP contribution is 2.31. The monoisotopic (exact) mass is 308 g/mol. The minimum atomic E-state index is -1.16. The minimum Gasteiger partial charge on any atom is -0.302 e. The lowest BCUT2D eigenvalue weighted by Gasteiger charge is -2.27. The zero-order valence-electron chi connectivity index (χ0n) is 12.7. The number of hydrogen-bond donors (Lipinski definition) is 0. The van der Waals surface area contributed by atoms with Gasteiger partial charge in [0.15, 0.2) is 0 Å². The van der Waals surface area contributed by atoms with Gasteiger partial charge in [0.25, 0.3) is 0 Å². The summed E-state index contributed by atoms with van der Waals surface area (Å²) >= 11 is 5.93. The molecule has 1 aromatic carbocycles. The van der Waals surface area contributed by atoms with Gasteiger partial charge in [-0.2, -0.15) is 0 Å². The molecule has 20 heavy (non-hydrogen) atoms. The second-order valence-corrected chi connectivity index (χ2v) is 11.8. The fourth-order valence-corrected chi connectivity index (χ4v) is 3.53. The fraction of sp³-hybridized carbons (Fsp3) is 0.471. The molecular weight excluding hydrogens is 284 g/mol. The molecule has 0 aromatic heterocycles. The van der Waals surface area contributed by atoms with Crippen molar-refractivity contribution in [2.45, 2.75) is 44.3 Å². The number of aldehydes is 1. The van der Waals surface area contributed by atoms with Crippen LogP contribution in [-0.4, -0.2) is 20.2 Å². The number of hydrogen-bond acceptors (Lipinski definition) is 1. The molecule has 0 spiro atoms. The van der Waals surface area contributed by atoms with Crippen molar-refractivity contribution in [1.82, 2.24) is 0 Å². The molecule has 0 unspecified atom stereocenters. The van der Waals surface area contributed by atoms with E-state index in [4.69, 9.17) is 11.6 Å². The molecule has 0 saturated carbocycles. The third-order valence-electron chi connectivity index (χ3n) is 3.49. The van der Waals surface area contributed by atoms with Crippen molar-refractivity contribution in [1.29, 1.82) is 0 Å². The largest absolute Gasteiger partial charge is 0.302 e. The summed E-state index contributed by atoms with van der Waals surface area (Å²) in [7, 11) is -1.16. The maximum atomic E-state index is 11.7. The van der Waals surface area contributed by atoms with E-state index in [-0.39, 0.29) is 0 Å². The molecule has 1 aromatic rings. The van der Waals surface area contributed by atoms with Crippen molar-refractivity contribution in [2.75, 3.05) is 5.88 Å².